The summed E-state index contributed by atoms with van der Waals surface area (Å²) in [5.41, 5.74) is 0. The summed E-state index contributed by atoms with van der Waals surface area (Å²) in [5, 5.41) is 0. The van der Waals surface area contributed by atoms with Crippen LogP contribution in [-0.4, -0.2) is 62.1 Å². The third kappa shape index (κ3) is 9.89. The predicted molar refractivity (Wildman–Crippen MR) is 104 cm³/mol. The molecule has 0 radical (unpaired) electrons. The van der Waals surface area contributed by atoms with Crippen molar-refractivity contribution < 1.29 is 38.0 Å². The van der Waals surface area contributed by atoms with Crippen molar-refractivity contribution in [1.29, 1.82) is 0 Å². The van der Waals surface area contributed by atoms with Crippen molar-refractivity contribution in [3.63, 3.8) is 0 Å². The second kappa shape index (κ2) is 11.2. The molecule has 8 nitrogen and oxygen atoms in total. The lowest BCUT2D eigenvalue weighted by molar-refractivity contribution is -0.154. The molecule has 0 N–H and O–H groups in total. The molecule has 29 heavy (non-hydrogen) atoms. The number of hydrogen-bond acceptors (Lipinski definition) is 8. The van der Waals surface area contributed by atoms with Gasteiger partial charge < -0.3 is 28.4 Å². The van der Waals surface area contributed by atoms with Gasteiger partial charge in [0.05, 0.1) is 38.6 Å². The Morgan fingerprint density at radius 2 is 1.17 bits per heavy atom. The highest BCUT2D eigenvalue weighted by Crippen LogP contribution is 2.26. The molecule has 0 aliphatic carbocycles. The summed E-state index contributed by atoms with van der Waals surface area (Å²) in [6.07, 6.45) is 4.75. The number of hydrogen-bond donors (Lipinski definition) is 0. The smallest absolute Gasteiger partial charge is 0.317 e. The van der Waals surface area contributed by atoms with E-state index in [1.165, 1.54) is 0 Å². The van der Waals surface area contributed by atoms with Crippen molar-refractivity contribution in [2.45, 2.75) is 96.4 Å². The van der Waals surface area contributed by atoms with Crippen LogP contribution in [0.2, 0.25) is 0 Å². The van der Waals surface area contributed by atoms with Crippen LogP contribution in [-0.2, 0) is 38.0 Å². The Kier molecular flexibility index (Phi) is 9.33. The SMILES string of the molecule is CC1(C)OCC(CCCCOC(=O)CC(=O)OCCCCC2COC(C)(C)O2)O1. The summed E-state index contributed by atoms with van der Waals surface area (Å²) in [6.45, 7) is 9.37. The van der Waals surface area contributed by atoms with Gasteiger partial charge in [0.15, 0.2) is 11.6 Å². The average Bonchev–Trinajstić information content (AvgIpc) is 3.15. The first-order valence-corrected chi connectivity index (χ1v) is 10.6. The molecule has 2 saturated heterocycles. The lowest BCUT2D eigenvalue weighted by atomic mass is 10.2. The minimum atomic E-state index is -0.546. The predicted octanol–water partition coefficient (Wildman–Crippen LogP) is 3.11. The minimum Gasteiger partial charge on any atom is -0.465 e. The summed E-state index contributed by atoms with van der Waals surface area (Å²) < 4.78 is 32.6. The van der Waals surface area contributed by atoms with Gasteiger partial charge in [0.2, 0.25) is 0 Å². The number of rotatable bonds is 12. The maximum atomic E-state index is 11.7. The molecule has 0 aromatic heterocycles. The van der Waals surface area contributed by atoms with E-state index in [-0.39, 0.29) is 18.6 Å². The molecule has 0 aromatic rings. The molecule has 0 saturated carbocycles. The van der Waals surface area contributed by atoms with Crippen molar-refractivity contribution in [2.75, 3.05) is 26.4 Å². The third-order valence-electron chi connectivity index (χ3n) is 4.79. The number of esters is 2. The average molecular weight is 417 g/mol. The van der Waals surface area contributed by atoms with Crippen LogP contribution in [0, 0.1) is 0 Å². The highest BCUT2D eigenvalue weighted by molar-refractivity contribution is 5.91. The number of carbonyl (C=O) groups is 2. The van der Waals surface area contributed by atoms with Crippen molar-refractivity contribution in [3.8, 4) is 0 Å². The number of carbonyl (C=O) groups excluding carboxylic acids is 2. The largest absolute Gasteiger partial charge is 0.465 e. The monoisotopic (exact) mass is 416 g/mol. The van der Waals surface area contributed by atoms with Crippen molar-refractivity contribution in [2.24, 2.45) is 0 Å². The highest BCUT2D eigenvalue weighted by Gasteiger charge is 2.32. The molecule has 2 rings (SSSR count). The molecule has 0 bridgehead atoms. The molecule has 2 aliphatic rings. The van der Waals surface area contributed by atoms with Crippen molar-refractivity contribution >= 4 is 11.9 Å². The molecular weight excluding hydrogens is 380 g/mol. The Morgan fingerprint density at radius 1 is 0.759 bits per heavy atom. The van der Waals surface area contributed by atoms with Crippen LogP contribution in [0.3, 0.4) is 0 Å². The Hall–Kier alpha value is -1.22. The molecule has 2 heterocycles. The fraction of sp³-hybridized carbons (Fsp3) is 0.905. The van der Waals surface area contributed by atoms with Gasteiger partial charge in [0, 0.05) is 0 Å². The molecule has 2 fully saturated rings. The van der Waals surface area contributed by atoms with Gasteiger partial charge >= 0.3 is 11.9 Å². The molecule has 168 valence electrons. The summed E-state index contributed by atoms with van der Waals surface area (Å²) >= 11 is 0. The van der Waals surface area contributed by atoms with E-state index in [1.54, 1.807) is 0 Å². The van der Waals surface area contributed by atoms with Crippen LogP contribution in [0.4, 0.5) is 0 Å². The van der Waals surface area contributed by atoms with Crippen LogP contribution in [0.25, 0.3) is 0 Å². The first kappa shape index (κ1) is 24.1. The van der Waals surface area contributed by atoms with Crippen LogP contribution >= 0.6 is 0 Å². The van der Waals surface area contributed by atoms with E-state index in [9.17, 15) is 9.59 Å². The molecule has 0 spiro atoms. The summed E-state index contributed by atoms with van der Waals surface area (Å²) in [4.78, 5) is 23.4. The van der Waals surface area contributed by atoms with E-state index in [1.807, 2.05) is 27.7 Å². The first-order chi connectivity index (χ1) is 13.7. The lowest BCUT2D eigenvalue weighted by Crippen LogP contribution is -2.21. The second-order valence-electron chi connectivity index (χ2n) is 8.51. The Morgan fingerprint density at radius 3 is 1.52 bits per heavy atom. The summed E-state index contributed by atoms with van der Waals surface area (Å²) in [5.74, 6) is -2.11. The maximum absolute atomic E-state index is 11.7. The minimum absolute atomic E-state index is 0.0925. The van der Waals surface area contributed by atoms with Crippen LogP contribution in [0.5, 0.6) is 0 Å². The molecular formula is C21H36O8. The van der Waals surface area contributed by atoms with E-state index >= 15 is 0 Å². The zero-order valence-corrected chi connectivity index (χ0v) is 18.2. The lowest BCUT2D eigenvalue weighted by Gasteiger charge is -2.16. The topological polar surface area (TPSA) is 89.5 Å². The van der Waals surface area contributed by atoms with Gasteiger partial charge in [-0.2, -0.15) is 0 Å². The van der Waals surface area contributed by atoms with E-state index in [4.69, 9.17) is 28.4 Å². The highest BCUT2D eigenvalue weighted by atomic mass is 16.7. The van der Waals surface area contributed by atoms with Gasteiger partial charge in [0.1, 0.15) is 6.42 Å². The Bertz CT molecular complexity index is 485. The molecule has 2 aliphatic heterocycles. The van der Waals surface area contributed by atoms with Gasteiger partial charge in [-0.3, -0.25) is 9.59 Å². The van der Waals surface area contributed by atoms with E-state index < -0.39 is 23.5 Å². The molecule has 2 atom stereocenters. The van der Waals surface area contributed by atoms with Gasteiger partial charge in [0.25, 0.3) is 0 Å². The normalized spacial score (nSPS) is 25.1. The number of unbranched alkanes of at least 4 members (excludes halogenated alkanes) is 2. The van der Waals surface area contributed by atoms with Crippen molar-refractivity contribution in [3.05, 3.63) is 0 Å². The van der Waals surface area contributed by atoms with Gasteiger partial charge in [-0.25, -0.2) is 0 Å². The summed E-state index contributed by atoms with van der Waals surface area (Å²) in [6, 6.07) is 0. The van der Waals surface area contributed by atoms with Gasteiger partial charge in [-0.1, -0.05) is 0 Å². The Labute approximate surface area is 173 Å². The zero-order valence-electron chi connectivity index (χ0n) is 18.2. The molecule has 2 unspecified atom stereocenters. The standard InChI is InChI=1S/C21H36O8/c1-20(2)26-14-16(28-20)9-5-7-11-24-18(22)13-19(23)25-12-8-6-10-17-15-27-21(3,4)29-17/h16-17H,5-15H2,1-4H3. The molecule has 0 amide bonds. The van der Waals surface area contributed by atoms with Crippen molar-refractivity contribution in [1.82, 2.24) is 0 Å². The molecule has 8 heteroatoms. The first-order valence-electron chi connectivity index (χ1n) is 10.6. The number of ether oxygens (including phenoxy) is 6. The second-order valence-corrected chi connectivity index (χ2v) is 8.51. The van der Waals surface area contributed by atoms with E-state index in [2.05, 4.69) is 0 Å². The van der Waals surface area contributed by atoms with Crippen LogP contribution in [0.15, 0.2) is 0 Å². The fourth-order valence-electron chi connectivity index (χ4n) is 3.35. The van der Waals surface area contributed by atoms with Crippen LogP contribution in [0.1, 0.15) is 72.6 Å². The van der Waals surface area contributed by atoms with E-state index in [0.29, 0.717) is 26.4 Å². The summed E-state index contributed by atoms with van der Waals surface area (Å²) in [7, 11) is 0. The third-order valence-corrected chi connectivity index (χ3v) is 4.79. The maximum Gasteiger partial charge on any atom is 0.317 e. The fourth-order valence-corrected chi connectivity index (χ4v) is 3.35. The quantitative estimate of drug-likeness (QED) is 0.272. The van der Waals surface area contributed by atoms with E-state index in [0.717, 1.165) is 38.5 Å². The molecule has 0 aromatic carbocycles. The zero-order chi connectivity index (χ0) is 21.3. The Balaban J connectivity index is 1.40. The van der Waals surface area contributed by atoms with Gasteiger partial charge in [-0.15, -0.1) is 0 Å². The van der Waals surface area contributed by atoms with Gasteiger partial charge in [-0.05, 0) is 66.2 Å². The van der Waals surface area contributed by atoms with Crippen LogP contribution < -0.4 is 0 Å².